The van der Waals surface area contributed by atoms with Crippen molar-refractivity contribution in [1.82, 2.24) is 0 Å². The van der Waals surface area contributed by atoms with Crippen molar-refractivity contribution in [3.05, 3.63) is 59.9 Å². The van der Waals surface area contributed by atoms with E-state index in [1.165, 1.54) is 12.1 Å². The molecule has 2 rings (SSSR count). The molecule has 98 valence electrons. The Kier molecular flexibility index (Phi) is 3.80. The van der Waals surface area contributed by atoms with Crippen LogP contribution >= 0.6 is 0 Å². The molecule has 0 saturated heterocycles. The largest absolute Gasteiger partial charge is 0.399 e. The van der Waals surface area contributed by atoms with Crippen LogP contribution in [0.4, 0.5) is 15.8 Å². The SMILES string of the molecule is CCN(C(=O)c1cccc(N)c1)c1ccc(F)cc1. The zero-order chi connectivity index (χ0) is 13.8. The number of rotatable bonds is 3. The summed E-state index contributed by atoms with van der Waals surface area (Å²) in [5, 5.41) is 0. The van der Waals surface area contributed by atoms with Gasteiger partial charge >= 0.3 is 0 Å². The molecule has 1 amide bonds. The van der Waals surface area contributed by atoms with Gasteiger partial charge in [0.15, 0.2) is 0 Å². The summed E-state index contributed by atoms with van der Waals surface area (Å²) < 4.78 is 12.9. The predicted octanol–water partition coefficient (Wildman–Crippen LogP) is 3.07. The van der Waals surface area contributed by atoms with E-state index >= 15 is 0 Å². The third kappa shape index (κ3) is 2.91. The topological polar surface area (TPSA) is 46.3 Å². The van der Waals surface area contributed by atoms with Crippen LogP contribution in [0.5, 0.6) is 0 Å². The number of hydrogen-bond donors (Lipinski definition) is 1. The van der Waals surface area contributed by atoms with Gasteiger partial charge in [0, 0.05) is 23.5 Å². The summed E-state index contributed by atoms with van der Waals surface area (Å²) >= 11 is 0. The Balaban J connectivity index is 2.31. The summed E-state index contributed by atoms with van der Waals surface area (Å²) in [4.78, 5) is 14.0. The number of halogens is 1. The van der Waals surface area contributed by atoms with Crippen LogP contribution in [-0.4, -0.2) is 12.5 Å². The number of anilines is 2. The van der Waals surface area contributed by atoms with Crippen molar-refractivity contribution in [2.45, 2.75) is 6.92 Å². The second kappa shape index (κ2) is 5.52. The van der Waals surface area contributed by atoms with E-state index in [0.717, 1.165) is 0 Å². The van der Waals surface area contributed by atoms with Gasteiger partial charge in [0.25, 0.3) is 5.91 Å². The smallest absolute Gasteiger partial charge is 0.258 e. The second-order valence-corrected chi connectivity index (χ2v) is 4.15. The van der Waals surface area contributed by atoms with Gasteiger partial charge in [0.2, 0.25) is 0 Å². The molecule has 0 bridgehead atoms. The molecule has 2 aromatic carbocycles. The minimum atomic E-state index is -0.323. The first-order chi connectivity index (χ1) is 9.11. The molecule has 0 unspecified atom stereocenters. The summed E-state index contributed by atoms with van der Waals surface area (Å²) in [5.74, 6) is -0.474. The highest BCUT2D eigenvalue weighted by atomic mass is 19.1. The average molecular weight is 258 g/mol. The normalized spacial score (nSPS) is 10.2. The van der Waals surface area contributed by atoms with Gasteiger partial charge in [0.1, 0.15) is 5.82 Å². The van der Waals surface area contributed by atoms with Gasteiger partial charge < -0.3 is 10.6 Å². The third-order valence-corrected chi connectivity index (χ3v) is 2.83. The van der Waals surface area contributed by atoms with E-state index in [4.69, 9.17) is 5.73 Å². The van der Waals surface area contributed by atoms with Crippen LogP contribution < -0.4 is 10.6 Å². The van der Waals surface area contributed by atoms with Gasteiger partial charge in [-0.2, -0.15) is 0 Å². The van der Waals surface area contributed by atoms with E-state index < -0.39 is 0 Å². The lowest BCUT2D eigenvalue weighted by Gasteiger charge is -2.21. The summed E-state index contributed by atoms with van der Waals surface area (Å²) in [6.07, 6.45) is 0. The molecule has 0 aliphatic carbocycles. The number of nitrogens with two attached hydrogens (primary N) is 1. The molecule has 0 fully saturated rings. The first-order valence-corrected chi connectivity index (χ1v) is 6.05. The molecular formula is C15H15FN2O. The zero-order valence-electron chi connectivity index (χ0n) is 10.6. The van der Waals surface area contributed by atoms with Crippen molar-refractivity contribution in [2.24, 2.45) is 0 Å². The lowest BCUT2D eigenvalue weighted by atomic mass is 10.1. The molecule has 2 N–H and O–H groups in total. The number of nitrogens with zero attached hydrogens (tertiary/aromatic N) is 1. The number of nitrogen functional groups attached to an aromatic ring is 1. The maximum atomic E-state index is 12.9. The van der Waals surface area contributed by atoms with Crippen molar-refractivity contribution in [2.75, 3.05) is 17.2 Å². The molecule has 0 heterocycles. The lowest BCUT2D eigenvalue weighted by Crippen LogP contribution is -2.30. The molecule has 0 atom stereocenters. The van der Waals surface area contributed by atoms with Crippen molar-refractivity contribution in [1.29, 1.82) is 0 Å². The Hall–Kier alpha value is -2.36. The maximum Gasteiger partial charge on any atom is 0.258 e. The van der Waals surface area contributed by atoms with E-state index in [9.17, 15) is 9.18 Å². The van der Waals surface area contributed by atoms with Crippen molar-refractivity contribution in [3.8, 4) is 0 Å². The fourth-order valence-electron chi connectivity index (χ4n) is 1.89. The first-order valence-electron chi connectivity index (χ1n) is 6.05. The highest BCUT2D eigenvalue weighted by molar-refractivity contribution is 6.06. The number of amides is 1. The molecule has 0 aliphatic heterocycles. The Labute approximate surface area is 111 Å². The standard InChI is InChI=1S/C15H15FN2O/c1-2-18(14-8-6-12(16)7-9-14)15(19)11-4-3-5-13(17)10-11/h3-10H,2,17H2,1H3. The molecule has 19 heavy (non-hydrogen) atoms. The quantitative estimate of drug-likeness (QED) is 0.860. The van der Waals surface area contributed by atoms with Crippen molar-refractivity contribution in [3.63, 3.8) is 0 Å². The van der Waals surface area contributed by atoms with Gasteiger partial charge in [0.05, 0.1) is 0 Å². The highest BCUT2D eigenvalue weighted by Gasteiger charge is 2.16. The highest BCUT2D eigenvalue weighted by Crippen LogP contribution is 2.18. The molecule has 3 nitrogen and oxygen atoms in total. The van der Waals surface area contributed by atoms with Crippen LogP contribution in [0.1, 0.15) is 17.3 Å². The van der Waals surface area contributed by atoms with E-state index in [1.54, 1.807) is 41.3 Å². The van der Waals surface area contributed by atoms with Crippen LogP contribution in [0, 0.1) is 5.82 Å². The Morgan fingerprint density at radius 3 is 2.47 bits per heavy atom. The van der Waals surface area contributed by atoms with E-state index in [2.05, 4.69) is 0 Å². The minimum absolute atomic E-state index is 0.151. The average Bonchev–Trinajstić information content (AvgIpc) is 2.41. The number of benzene rings is 2. The summed E-state index contributed by atoms with van der Waals surface area (Å²) in [7, 11) is 0. The fraction of sp³-hybridized carbons (Fsp3) is 0.133. The van der Waals surface area contributed by atoms with Crippen LogP contribution in [0.15, 0.2) is 48.5 Å². The van der Waals surface area contributed by atoms with Crippen LogP contribution in [0.25, 0.3) is 0 Å². The van der Waals surface area contributed by atoms with E-state index in [-0.39, 0.29) is 11.7 Å². The van der Waals surface area contributed by atoms with Crippen LogP contribution in [-0.2, 0) is 0 Å². The zero-order valence-corrected chi connectivity index (χ0v) is 10.6. The van der Waals surface area contributed by atoms with Gasteiger partial charge in [-0.25, -0.2) is 4.39 Å². The van der Waals surface area contributed by atoms with Crippen LogP contribution in [0.3, 0.4) is 0 Å². The van der Waals surface area contributed by atoms with Gasteiger partial charge in [-0.1, -0.05) is 6.07 Å². The molecular weight excluding hydrogens is 243 g/mol. The fourth-order valence-corrected chi connectivity index (χ4v) is 1.89. The Morgan fingerprint density at radius 2 is 1.89 bits per heavy atom. The summed E-state index contributed by atoms with van der Waals surface area (Å²) in [6.45, 7) is 2.37. The summed E-state index contributed by atoms with van der Waals surface area (Å²) in [5.41, 5.74) is 7.40. The second-order valence-electron chi connectivity index (χ2n) is 4.15. The number of carbonyl (C=O) groups is 1. The lowest BCUT2D eigenvalue weighted by molar-refractivity contribution is 0.0988. The molecule has 4 heteroatoms. The van der Waals surface area contributed by atoms with Gasteiger partial charge in [-0.05, 0) is 49.4 Å². The minimum Gasteiger partial charge on any atom is -0.399 e. The van der Waals surface area contributed by atoms with Crippen molar-refractivity contribution >= 4 is 17.3 Å². The molecule has 0 aromatic heterocycles. The number of hydrogen-bond acceptors (Lipinski definition) is 2. The van der Waals surface area contributed by atoms with Crippen LogP contribution in [0.2, 0.25) is 0 Å². The molecule has 0 spiro atoms. The summed E-state index contributed by atoms with van der Waals surface area (Å²) in [6, 6.07) is 12.7. The third-order valence-electron chi connectivity index (χ3n) is 2.83. The maximum absolute atomic E-state index is 12.9. The molecule has 0 radical (unpaired) electrons. The van der Waals surface area contributed by atoms with E-state index in [1.807, 2.05) is 6.92 Å². The van der Waals surface area contributed by atoms with Crippen molar-refractivity contribution < 1.29 is 9.18 Å². The van der Waals surface area contributed by atoms with Gasteiger partial charge in [-0.15, -0.1) is 0 Å². The first kappa shape index (κ1) is 13.1. The monoisotopic (exact) mass is 258 g/mol. The Morgan fingerprint density at radius 1 is 1.21 bits per heavy atom. The molecule has 0 saturated carbocycles. The van der Waals surface area contributed by atoms with E-state index in [0.29, 0.717) is 23.5 Å². The molecule has 0 aliphatic rings. The number of carbonyl (C=O) groups excluding carboxylic acids is 1. The molecule has 2 aromatic rings. The Bertz CT molecular complexity index is 581. The predicted molar refractivity (Wildman–Crippen MR) is 74.6 cm³/mol. The van der Waals surface area contributed by atoms with Gasteiger partial charge in [-0.3, -0.25) is 4.79 Å².